The van der Waals surface area contributed by atoms with Crippen LogP contribution in [0.2, 0.25) is 0 Å². The highest BCUT2D eigenvalue weighted by Gasteiger charge is 2.33. The Bertz CT molecular complexity index is 451. The maximum absolute atomic E-state index is 12.4. The van der Waals surface area contributed by atoms with E-state index >= 15 is 0 Å². The second-order valence-electron chi connectivity index (χ2n) is 4.60. The van der Waals surface area contributed by atoms with E-state index in [0.29, 0.717) is 24.8 Å². The predicted octanol–water partition coefficient (Wildman–Crippen LogP) is 2.40. The number of hydrogen-bond acceptors (Lipinski definition) is 3. The van der Waals surface area contributed by atoms with Crippen LogP contribution in [0.5, 0.6) is 0 Å². The highest BCUT2D eigenvalue weighted by molar-refractivity contribution is 5.77. The van der Waals surface area contributed by atoms with Crippen LogP contribution in [-0.4, -0.2) is 23.4 Å². The van der Waals surface area contributed by atoms with E-state index in [1.165, 1.54) is 6.07 Å². The quantitative estimate of drug-likeness (QED) is 0.639. The molecule has 0 atom stereocenters. The van der Waals surface area contributed by atoms with Crippen molar-refractivity contribution >= 4 is 11.7 Å². The first kappa shape index (κ1) is 13.6. The summed E-state index contributed by atoms with van der Waals surface area (Å²) < 4.78 is 37.3. The lowest BCUT2D eigenvalue weighted by Gasteiger charge is -2.23. The Balaban J connectivity index is 2.11. The van der Waals surface area contributed by atoms with E-state index in [9.17, 15) is 13.2 Å². The van der Waals surface area contributed by atoms with E-state index in [-0.39, 0.29) is 5.84 Å². The van der Waals surface area contributed by atoms with Crippen molar-refractivity contribution in [3.05, 3.63) is 23.9 Å². The van der Waals surface area contributed by atoms with Gasteiger partial charge >= 0.3 is 6.18 Å². The van der Waals surface area contributed by atoms with Crippen LogP contribution in [-0.2, 0) is 6.18 Å². The number of nitrogens with one attached hydrogen (secondary N) is 1. The second-order valence-corrected chi connectivity index (χ2v) is 4.60. The summed E-state index contributed by atoms with van der Waals surface area (Å²) in [6.07, 6.45) is -1.13. The van der Waals surface area contributed by atoms with Crippen LogP contribution in [0.4, 0.5) is 19.0 Å². The number of hydrogen-bond donors (Lipinski definition) is 2. The number of nitrogens with two attached hydrogens (primary N) is 1. The van der Waals surface area contributed by atoms with Crippen LogP contribution in [0, 0.1) is 5.41 Å². The molecule has 1 aliphatic rings. The number of halogens is 3. The Morgan fingerprint density at radius 3 is 2.53 bits per heavy atom. The Kier molecular flexibility index (Phi) is 3.64. The molecule has 0 amide bonds. The fourth-order valence-corrected chi connectivity index (χ4v) is 1.83. The molecular weight excluding hydrogens is 257 g/mol. The highest BCUT2D eigenvalue weighted by atomic mass is 19.4. The molecule has 0 bridgehead atoms. The molecule has 0 aromatic carbocycles. The minimum Gasteiger partial charge on any atom is -0.388 e. The molecule has 0 saturated heterocycles. The van der Waals surface area contributed by atoms with Gasteiger partial charge in [-0.25, -0.2) is 4.98 Å². The topological polar surface area (TPSA) is 66.0 Å². The molecule has 0 spiro atoms. The van der Waals surface area contributed by atoms with E-state index < -0.39 is 11.7 Å². The zero-order valence-corrected chi connectivity index (χ0v) is 10.2. The van der Waals surface area contributed by atoms with E-state index in [1.807, 2.05) is 4.90 Å². The Morgan fingerprint density at radius 2 is 2.11 bits per heavy atom. The molecule has 4 nitrogen and oxygen atoms in total. The maximum Gasteiger partial charge on any atom is 0.417 e. The molecule has 1 aliphatic carbocycles. The number of amidine groups is 1. The molecule has 1 aromatic heterocycles. The summed E-state index contributed by atoms with van der Waals surface area (Å²) in [5.74, 6) is 0.578. The molecule has 104 valence electrons. The molecule has 3 N–H and O–H groups in total. The van der Waals surface area contributed by atoms with Crippen molar-refractivity contribution in [1.82, 2.24) is 4.98 Å². The normalized spacial score (nSPS) is 15.3. The van der Waals surface area contributed by atoms with Crippen LogP contribution in [0.3, 0.4) is 0 Å². The number of pyridine rings is 1. The molecule has 0 unspecified atom stereocenters. The van der Waals surface area contributed by atoms with E-state index in [1.54, 1.807) is 0 Å². The third-order valence-corrected chi connectivity index (χ3v) is 2.98. The number of alkyl halides is 3. The van der Waals surface area contributed by atoms with Gasteiger partial charge in [-0.15, -0.1) is 0 Å². The third-order valence-electron chi connectivity index (χ3n) is 2.98. The van der Waals surface area contributed by atoms with E-state index in [0.717, 1.165) is 25.1 Å². The minimum atomic E-state index is -4.37. The van der Waals surface area contributed by atoms with Gasteiger partial charge in [0.2, 0.25) is 0 Å². The Morgan fingerprint density at radius 1 is 1.42 bits per heavy atom. The van der Waals surface area contributed by atoms with Gasteiger partial charge in [0.1, 0.15) is 5.82 Å². The maximum atomic E-state index is 12.4. The van der Waals surface area contributed by atoms with Crippen molar-refractivity contribution in [2.45, 2.75) is 31.5 Å². The fourth-order valence-electron chi connectivity index (χ4n) is 1.83. The monoisotopic (exact) mass is 272 g/mol. The molecular formula is C12H15F3N4. The van der Waals surface area contributed by atoms with Gasteiger partial charge < -0.3 is 10.6 Å². The molecule has 7 heteroatoms. The Labute approximate surface area is 108 Å². The van der Waals surface area contributed by atoms with Crippen LogP contribution >= 0.6 is 0 Å². The molecule has 1 fully saturated rings. The lowest BCUT2D eigenvalue weighted by Crippen LogP contribution is -2.30. The first-order valence-corrected chi connectivity index (χ1v) is 6.00. The van der Waals surface area contributed by atoms with Gasteiger partial charge in [0.05, 0.1) is 11.4 Å². The van der Waals surface area contributed by atoms with Crippen molar-refractivity contribution in [2.75, 3.05) is 11.4 Å². The van der Waals surface area contributed by atoms with Crippen LogP contribution < -0.4 is 10.6 Å². The summed E-state index contributed by atoms with van der Waals surface area (Å²) in [4.78, 5) is 5.80. The minimum absolute atomic E-state index is 0.0672. The molecule has 1 saturated carbocycles. The van der Waals surface area contributed by atoms with Crippen molar-refractivity contribution in [3.63, 3.8) is 0 Å². The average Bonchev–Trinajstić information content (AvgIpc) is 3.13. The van der Waals surface area contributed by atoms with Gasteiger partial charge in [-0.3, -0.25) is 5.41 Å². The van der Waals surface area contributed by atoms with Crippen LogP contribution in [0.15, 0.2) is 18.3 Å². The van der Waals surface area contributed by atoms with Gasteiger partial charge in [0.15, 0.2) is 0 Å². The summed E-state index contributed by atoms with van der Waals surface area (Å²) in [5, 5.41) is 7.21. The third kappa shape index (κ3) is 3.59. The standard InChI is InChI=1S/C12H15F3N4/c13-12(14,15)8-1-4-11(18-7-8)19(9-2-3-9)6-5-10(16)17/h1,4,7,9H,2-3,5-6H2,(H3,16,17). The summed E-state index contributed by atoms with van der Waals surface area (Å²) in [7, 11) is 0. The van der Waals surface area contributed by atoms with Gasteiger partial charge in [-0.2, -0.15) is 13.2 Å². The average molecular weight is 272 g/mol. The first-order valence-electron chi connectivity index (χ1n) is 6.00. The molecule has 2 rings (SSSR count). The number of nitrogens with zero attached hydrogens (tertiary/aromatic N) is 2. The number of aromatic nitrogens is 1. The van der Waals surface area contributed by atoms with Gasteiger partial charge in [0.25, 0.3) is 0 Å². The first-order chi connectivity index (χ1) is 8.88. The molecule has 19 heavy (non-hydrogen) atoms. The zero-order valence-electron chi connectivity index (χ0n) is 10.2. The highest BCUT2D eigenvalue weighted by Crippen LogP contribution is 2.33. The number of rotatable bonds is 5. The summed E-state index contributed by atoms with van der Waals surface area (Å²) in [6, 6.07) is 2.72. The van der Waals surface area contributed by atoms with Crippen molar-refractivity contribution < 1.29 is 13.2 Å². The predicted molar refractivity (Wildman–Crippen MR) is 66.1 cm³/mol. The summed E-state index contributed by atoms with van der Waals surface area (Å²) in [6.45, 7) is 0.512. The van der Waals surface area contributed by atoms with Gasteiger partial charge in [0, 0.05) is 25.2 Å². The van der Waals surface area contributed by atoms with Crippen LogP contribution in [0.25, 0.3) is 0 Å². The summed E-state index contributed by atoms with van der Waals surface area (Å²) >= 11 is 0. The van der Waals surface area contributed by atoms with Crippen molar-refractivity contribution in [2.24, 2.45) is 5.73 Å². The SMILES string of the molecule is N=C(N)CCN(c1ccc(C(F)(F)F)cn1)C1CC1. The van der Waals surface area contributed by atoms with Crippen LogP contribution in [0.1, 0.15) is 24.8 Å². The second kappa shape index (κ2) is 5.07. The van der Waals surface area contributed by atoms with Crippen molar-refractivity contribution in [1.29, 1.82) is 5.41 Å². The Hall–Kier alpha value is -1.79. The largest absolute Gasteiger partial charge is 0.417 e. The summed E-state index contributed by atoms with van der Waals surface area (Å²) in [5.41, 5.74) is 4.56. The van der Waals surface area contributed by atoms with Gasteiger partial charge in [-0.05, 0) is 25.0 Å². The van der Waals surface area contributed by atoms with E-state index in [4.69, 9.17) is 11.1 Å². The lowest BCUT2D eigenvalue weighted by atomic mass is 10.2. The smallest absolute Gasteiger partial charge is 0.388 e. The van der Waals surface area contributed by atoms with Gasteiger partial charge in [-0.1, -0.05) is 0 Å². The molecule has 0 radical (unpaired) electrons. The zero-order chi connectivity index (χ0) is 14.0. The molecule has 0 aliphatic heterocycles. The lowest BCUT2D eigenvalue weighted by molar-refractivity contribution is -0.137. The van der Waals surface area contributed by atoms with E-state index in [2.05, 4.69) is 4.98 Å². The molecule has 1 aromatic rings. The fraction of sp³-hybridized carbons (Fsp3) is 0.500. The molecule has 1 heterocycles. The van der Waals surface area contributed by atoms with Crippen molar-refractivity contribution in [3.8, 4) is 0 Å². The number of anilines is 1.